The maximum absolute atomic E-state index is 13.6. The molecule has 2 aromatic rings. The van der Waals surface area contributed by atoms with E-state index in [1.54, 1.807) is 11.4 Å². The highest BCUT2D eigenvalue weighted by Gasteiger charge is 2.73. The summed E-state index contributed by atoms with van der Waals surface area (Å²) in [7, 11) is -1.85. The molecule has 2 aromatic carbocycles. The van der Waals surface area contributed by atoms with Gasteiger partial charge in [-0.2, -0.15) is 4.31 Å². The van der Waals surface area contributed by atoms with Crippen molar-refractivity contribution in [1.29, 1.82) is 0 Å². The summed E-state index contributed by atoms with van der Waals surface area (Å²) in [6.45, 7) is 2.00. The SMILES string of the molecule is CN(C1CC[C@@]2(O)[C@H]3Cc4cccc5c4[C@@]2(CCN3CC2CC2)C1O5)S(=O)(=O)Cc1ccccc1. The van der Waals surface area contributed by atoms with Crippen LogP contribution in [0.15, 0.2) is 48.5 Å². The Morgan fingerprint density at radius 2 is 1.89 bits per heavy atom. The highest BCUT2D eigenvalue weighted by atomic mass is 32.2. The van der Waals surface area contributed by atoms with Crippen LogP contribution in [0.5, 0.6) is 5.75 Å². The van der Waals surface area contributed by atoms with E-state index in [1.807, 2.05) is 36.4 Å². The first-order valence-electron chi connectivity index (χ1n) is 13.1. The van der Waals surface area contributed by atoms with Gasteiger partial charge < -0.3 is 9.84 Å². The molecule has 1 spiro atoms. The Labute approximate surface area is 207 Å². The molecule has 2 saturated carbocycles. The molecular formula is C28H34N2O4S. The van der Waals surface area contributed by atoms with Gasteiger partial charge in [0.25, 0.3) is 0 Å². The van der Waals surface area contributed by atoms with Crippen LogP contribution in [0.2, 0.25) is 0 Å². The van der Waals surface area contributed by atoms with Crippen LogP contribution in [0.1, 0.15) is 48.8 Å². The van der Waals surface area contributed by atoms with Gasteiger partial charge in [-0.05, 0) is 68.2 Å². The van der Waals surface area contributed by atoms with E-state index in [2.05, 4.69) is 17.0 Å². The van der Waals surface area contributed by atoms with Gasteiger partial charge in [0.1, 0.15) is 11.9 Å². The van der Waals surface area contributed by atoms with Crippen LogP contribution < -0.4 is 4.74 Å². The van der Waals surface area contributed by atoms with Crippen molar-refractivity contribution >= 4 is 10.0 Å². The van der Waals surface area contributed by atoms with Crippen molar-refractivity contribution in [3.05, 3.63) is 65.2 Å². The fourth-order valence-electron chi connectivity index (χ4n) is 7.89. The number of hydrogen-bond acceptors (Lipinski definition) is 5. The van der Waals surface area contributed by atoms with Gasteiger partial charge in [0.05, 0.1) is 22.8 Å². The molecule has 5 aliphatic rings. The molecule has 2 unspecified atom stereocenters. The summed E-state index contributed by atoms with van der Waals surface area (Å²) in [4.78, 5) is 2.55. The van der Waals surface area contributed by atoms with Crippen molar-refractivity contribution in [2.45, 2.75) is 73.5 Å². The topological polar surface area (TPSA) is 70.1 Å². The smallest absolute Gasteiger partial charge is 0.218 e. The minimum atomic E-state index is -3.56. The monoisotopic (exact) mass is 494 g/mol. The molecule has 2 bridgehead atoms. The summed E-state index contributed by atoms with van der Waals surface area (Å²) in [5.41, 5.74) is 1.77. The van der Waals surface area contributed by atoms with Crippen LogP contribution in [0.4, 0.5) is 0 Å². The number of hydrogen-bond donors (Lipinski definition) is 1. The Balaban J connectivity index is 1.28. The molecule has 1 saturated heterocycles. The first kappa shape index (κ1) is 22.3. The van der Waals surface area contributed by atoms with Crippen LogP contribution in [-0.2, 0) is 27.6 Å². The van der Waals surface area contributed by atoms with E-state index in [9.17, 15) is 13.5 Å². The number of rotatable bonds is 6. The third-order valence-corrected chi connectivity index (χ3v) is 11.6. The largest absolute Gasteiger partial charge is 0.487 e. The second kappa shape index (κ2) is 7.54. The summed E-state index contributed by atoms with van der Waals surface area (Å²) in [6, 6.07) is 15.4. The molecule has 0 aromatic heterocycles. The number of ether oxygens (including phenoxy) is 1. The van der Waals surface area contributed by atoms with Gasteiger partial charge >= 0.3 is 0 Å². The molecule has 7 rings (SSSR count). The van der Waals surface area contributed by atoms with E-state index in [4.69, 9.17) is 4.74 Å². The lowest BCUT2D eigenvalue weighted by atomic mass is 9.48. The Kier molecular flexibility index (Phi) is 4.80. The Morgan fingerprint density at radius 1 is 1.09 bits per heavy atom. The third kappa shape index (κ3) is 3.08. The average molecular weight is 495 g/mol. The van der Waals surface area contributed by atoms with Gasteiger partial charge in [0, 0.05) is 25.2 Å². The van der Waals surface area contributed by atoms with Crippen molar-refractivity contribution in [3.8, 4) is 5.75 Å². The van der Waals surface area contributed by atoms with Gasteiger partial charge in [0.15, 0.2) is 0 Å². The molecule has 0 amide bonds. The summed E-state index contributed by atoms with van der Waals surface area (Å²) >= 11 is 0. The molecule has 5 atom stereocenters. The second-order valence-electron chi connectivity index (χ2n) is 11.5. The minimum Gasteiger partial charge on any atom is -0.487 e. The molecule has 2 heterocycles. The van der Waals surface area contributed by atoms with Crippen molar-refractivity contribution in [1.82, 2.24) is 9.21 Å². The molecule has 6 nitrogen and oxygen atoms in total. The Bertz CT molecular complexity index is 1260. The number of likely N-dealkylation sites (N-methyl/N-ethyl adjacent to an activating group) is 1. The zero-order chi connectivity index (χ0) is 24.0. The Morgan fingerprint density at radius 3 is 2.66 bits per heavy atom. The number of aliphatic hydroxyl groups is 1. The highest BCUT2D eigenvalue weighted by Crippen LogP contribution is 2.64. The van der Waals surface area contributed by atoms with Crippen LogP contribution in [-0.4, -0.2) is 66.7 Å². The lowest BCUT2D eigenvalue weighted by Crippen LogP contribution is -2.78. The number of benzene rings is 2. The molecule has 3 aliphatic carbocycles. The summed E-state index contributed by atoms with van der Waals surface area (Å²) < 4.78 is 35.3. The van der Waals surface area contributed by atoms with Crippen molar-refractivity contribution in [2.75, 3.05) is 20.1 Å². The van der Waals surface area contributed by atoms with E-state index < -0.39 is 21.0 Å². The van der Waals surface area contributed by atoms with Crippen LogP contribution >= 0.6 is 0 Å². The van der Waals surface area contributed by atoms with Crippen LogP contribution in [0, 0.1) is 5.92 Å². The van der Waals surface area contributed by atoms with Gasteiger partial charge in [0.2, 0.25) is 10.0 Å². The normalized spacial score (nSPS) is 35.6. The number of nitrogens with zero attached hydrogens (tertiary/aromatic N) is 2. The van der Waals surface area contributed by atoms with Crippen molar-refractivity contribution in [2.24, 2.45) is 5.92 Å². The summed E-state index contributed by atoms with van der Waals surface area (Å²) in [5, 5.41) is 12.6. The standard InChI is InChI=1S/C28H34N2O4S/c1-29(35(32,33)18-20-6-3-2-4-7-20)22-12-13-28(31)24-16-21-8-5-9-23-25(21)27(28,26(22)34-23)14-15-30(24)17-19-10-11-19/h2-9,19,22,24,26,31H,10-18H2,1H3/t22?,24-,26?,27+,28-/m1/s1. The number of sulfonamides is 1. The number of piperidine rings is 1. The molecule has 0 radical (unpaired) electrons. The maximum Gasteiger partial charge on any atom is 0.218 e. The van der Waals surface area contributed by atoms with Gasteiger partial charge in [-0.1, -0.05) is 42.5 Å². The maximum atomic E-state index is 13.6. The quantitative estimate of drug-likeness (QED) is 0.669. The average Bonchev–Trinajstić information content (AvgIpc) is 3.58. The lowest BCUT2D eigenvalue weighted by molar-refractivity contribution is -0.195. The fourth-order valence-corrected chi connectivity index (χ4v) is 9.34. The highest BCUT2D eigenvalue weighted by molar-refractivity contribution is 7.88. The van der Waals surface area contributed by atoms with E-state index >= 15 is 0 Å². The molecule has 2 aliphatic heterocycles. The molecule has 35 heavy (non-hydrogen) atoms. The molecule has 3 fully saturated rings. The van der Waals surface area contributed by atoms with E-state index in [0.29, 0.717) is 12.8 Å². The van der Waals surface area contributed by atoms with E-state index in [-0.39, 0.29) is 23.9 Å². The van der Waals surface area contributed by atoms with Crippen molar-refractivity contribution < 1.29 is 18.3 Å². The summed E-state index contributed by atoms with van der Waals surface area (Å²) in [5.74, 6) is 1.59. The molecule has 1 N–H and O–H groups in total. The van der Waals surface area contributed by atoms with E-state index in [1.165, 1.54) is 18.4 Å². The van der Waals surface area contributed by atoms with Crippen molar-refractivity contribution in [3.63, 3.8) is 0 Å². The Hall–Kier alpha value is -1.93. The third-order valence-electron chi connectivity index (χ3n) is 9.73. The zero-order valence-electron chi connectivity index (χ0n) is 20.3. The second-order valence-corrected chi connectivity index (χ2v) is 13.5. The number of likely N-dealkylation sites (tertiary alicyclic amines) is 1. The zero-order valence-corrected chi connectivity index (χ0v) is 21.1. The molecule has 7 heteroatoms. The van der Waals surface area contributed by atoms with Gasteiger partial charge in [-0.3, -0.25) is 4.90 Å². The minimum absolute atomic E-state index is 0.0270. The first-order valence-corrected chi connectivity index (χ1v) is 14.7. The first-order chi connectivity index (χ1) is 16.8. The molecular weight excluding hydrogens is 460 g/mol. The van der Waals surface area contributed by atoms with Crippen LogP contribution in [0.25, 0.3) is 0 Å². The fraction of sp³-hybridized carbons (Fsp3) is 0.571. The van der Waals surface area contributed by atoms with E-state index in [0.717, 1.165) is 48.7 Å². The van der Waals surface area contributed by atoms with Crippen LogP contribution in [0.3, 0.4) is 0 Å². The molecule has 186 valence electrons. The predicted octanol–water partition coefficient (Wildman–Crippen LogP) is 3.08. The predicted molar refractivity (Wildman–Crippen MR) is 134 cm³/mol. The van der Waals surface area contributed by atoms with Gasteiger partial charge in [-0.25, -0.2) is 8.42 Å². The lowest BCUT2D eigenvalue weighted by Gasteiger charge is -2.64. The summed E-state index contributed by atoms with van der Waals surface area (Å²) in [6.07, 6.45) is 5.07. The van der Waals surface area contributed by atoms with Gasteiger partial charge in [-0.15, -0.1) is 0 Å².